The molecule has 0 spiro atoms. The number of nitrogens with one attached hydrogen (secondary N) is 1. The van der Waals surface area contributed by atoms with Gasteiger partial charge in [0.1, 0.15) is 11.5 Å². The third-order valence-corrected chi connectivity index (χ3v) is 3.08. The molecular weight excluding hydrogens is 268 g/mol. The van der Waals surface area contributed by atoms with E-state index in [1.165, 1.54) is 0 Å². The van der Waals surface area contributed by atoms with Crippen molar-refractivity contribution in [3.05, 3.63) is 54.0 Å². The summed E-state index contributed by atoms with van der Waals surface area (Å²) >= 11 is 0. The second kappa shape index (κ2) is 6.95. The Morgan fingerprint density at radius 3 is 2.81 bits per heavy atom. The highest BCUT2D eigenvalue weighted by Gasteiger charge is 2.15. The Hall–Kier alpha value is -2.27. The first-order valence-corrected chi connectivity index (χ1v) is 6.88. The van der Waals surface area contributed by atoms with Gasteiger partial charge in [-0.1, -0.05) is 12.1 Å². The summed E-state index contributed by atoms with van der Waals surface area (Å²) in [6.07, 6.45) is 0.976. The van der Waals surface area contributed by atoms with E-state index < -0.39 is 6.10 Å². The van der Waals surface area contributed by atoms with E-state index in [1.807, 2.05) is 31.2 Å². The maximum atomic E-state index is 12.0. The minimum absolute atomic E-state index is 0.0726. The molecule has 5 nitrogen and oxygen atoms in total. The highest BCUT2D eigenvalue weighted by Crippen LogP contribution is 2.18. The van der Waals surface area contributed by atoms with Gasteiger partial charge in [0, 0.05) is 6.04 Å². The van der Waals surface area contributed by atoms with Crippen molar-refractivity contribution in [3.8, 4) is 5.75 Å². The van der Waals surface area contributed by atoms with Crippen molar-refractivity contribution in [2.24, 2.45) is 5.73 Å². The fourth-order valence-corrected chi connectivity index (χ4v) is 1.86. The quantitative estimate of drug-likeness (QED) is 0.855. The van der Waals surface area contributed by atoms with Crippen LogP contribution in [0.1, 0.15) is 31.2 Å². The second-order valence-corrected chi connectivity index (χ2v) is 4.92. The molecule has 112 valence electrons. The normalized spacial score (nSPS) is 13.5. The van der Waals surface area contributed by atoms with Crippen LogP contribution in [0.15, 0.2) is 47.1 Å². The first-order chi connectivity index (χ1) is 10.1. The van der Waals surface area contributed by atoms with E-state index in [1.54, 1.807) is 25.3 Å². The number of hydrogen-bond acceptors (Lipinski definition) is 4. The van der Waals surface area contributed by atoms with Crippen molar-refractivity contribution in [1.82, 2.24) is 5.32 Å². The molecule has 1 amide bonds. The molecule has 2 aromatic rings. The van der Waals surface area contributed by atoms with Crippen LogP contribution in [0, 0.1) is 0 Å². The highest BCUT2D eigenvalue weighted by atomic mass is 16.5. The second-order valence-electron chi connectivity index (χ2n) is 4.92. The number of carbonyl (C=O) groups excluding carboxylic acids is 1. The lowest BCUT2D eigenvalue weighted by molar-refractivity contribution is -0.127. The zero-order valence-corrected chi connectivity index (χ0v) is 12.2. The summed E-state index contributed by atoms with van der Waals surface area (Å²) in [6.45, 7) is 3.95. The van der Waals surface area contributed by atoms with Gasteiger partial charge in [0.05, 0.1) is 12.8 Å². The van der Waals surface area contributed by atoms with E-state index in [9.17, 15) is 4.79 Å². The van der Waals surface area contributed by atoms with Crippen LogP contribution >= 0.6 is 0 Å². The molecule has 1 heterocycles. The molecule has 0 radical (unpaired) electrons. The van der Waals surface area contributed by atoms with Crippen LogP contribution in [0.5, 0.6) is 5.75 Å². The van der Waals surface area contributed by atoms with Gasteiger partial charge >= 0.3 is 0 Å². The zero-order valence-electron chi connectivity index (χ0n) is 12.2. The average Bonchev–Trinajstić information content (AvgIpc) is 2.98. The Bertz CT molecular complexity index is 579. The number of amides is 1. The van der Waals surface area contributed by atoms with Crippen LogP contribution in [0.2, 0.25) is 0 Å². The third kappa shape index (κ3) is 4.36. The first-order valence-electron chi connectivity index (χ1n) is 6.88. The number of carbonyl (C=O) groups is 1. The summed E-state index contributed by atoms with van der Waals surface area (Å²) in [6, 6.07) is 11.0. The molecule has 0 saturated carbocycles. The molecule has 0 saturated heterocycles. The molecule has 21 heavy (non-hydrogen) atoms. The Morgan fingerprint density at radius 1 is 1.33 bits per heavy atom. The topological polar surface area (TPSA) is 77.5 Å². The molecule has 5 heteroatoms. The minimum atomic E-state index is -0.594. The van der Waals surface area contributed by atoms with Crippen molar-refractivity contribution in [1.29, 1.82) is 0 Å². The lowest BCUT2D eigenvalue weighted by Crippen LogP contribution is -2.35. The standard InChI is InChI=1S/C16H20N2O3/c1-11(17)13-5-3-6-14(9-13)21-12(2)16(19)18-10-15-7-4-8-20-15/h3-9,11-12H,10,17H2,1-2H3,(H,18,19)/t11-,12?/m0/s1. The van der Waals surface area contributed by atoms with Crippen LogP contribution in [0.25, 0.3) is 0 Å². The maximum absolute atomic E-state index is 12.0. The van der Waals surface area contributed by atoms with Gasteiger partial charge in [-0.25, -0.2) is 0 Å². The molecule has 0 fully saturated rings. The Kier molecular flexibility index (Phi) is 5.00. The van der Waals surface area contributed by atoms with Gasteiger partial charge in [0.2, 0.25) is 0 Å². The van der Waals surface area contributed by atoms with Gasteiger partial charge in [0.15, 0.2) is 6.10 Å². The van der Waals surface area contributed by atoms with E-state index in [2.05, 4.69) is 5.32 Å². The largest absolute Gasteiger partial charge is 0.481 e. The number of rotatable bonds is 6. The number of benzene rings is 1. The summed E-state index contributed by atoms with van der Waals surface area (Å²) < 4.78 is 10.8. The highest BCUT2D eigenvalue weighted by molar-refractivity contribution is 5.80. The maximum Gasteiger partial charge on any atom is 0.261 e. The number of nitrogens with two attached hydrogens (primary N) is 1. The summed E-state index contributed by atoms with van der Waals surface area (Å²) in [7, 11) is 0. The van der Waals surface area contributed by atoms with Crippen LogP contribution < -0.4 is 15.8 Å². The van der Waals surface area contributed by atoms with Gasteiger partial charge in [0.25, 0.3) is 5.91 Å². The Balaban J connectivity index is 1.89. The molecule has 0 bridgehead atoms. The summed E-state index contributed by atoms with van der Waals surface area (Å²) in [5.74, 6) is 1.14. The van der Waals surface area contributed by atoms with Crippen molar-refractivity contribution in [3.63, 3.8) is 0 Å². The van der Waals surface area contributed by atoms with Crippen molar-refractivity contribution >= 4 is 5.91 Å². The predicted molar refractivity (Wildman–Crippen MR) is 79.7 cm³/mol. The molecule has 1 aromatic heterocycles. The van der Waals surface area contributed by atoms with Crippen LogP contribution in [-0.2, 0) is 11.3 Å². The molecule has 0 aliphatic rings. The zero-order chi connectivity index (χ0) is 15.2. The smallest absolute Gasteiger partial charge is 0.261 e. The molecule has 0 aliphatic carbocycles. The SMILES string of the molecule is CC(Oc1cccc([C@H](C)N)c1)C(=O)NCc1ccco1. The Labute approximate surface area is 124 Å². The Morgan fingerprint density at radius 2 is 2.14 bits per heavy atom. The lowest BCUT2D eigenvalue weighted by Gasteiger charge is -2.15. The van der Waals surface area contributed by atoms with Gasteiger partial charge in [-0.2, -0.15) is 0 Å². The fraction of sp³-hybridized carbons (Fsp3) is 0.312. The molecule has 3 N–H and O–H groups in total. The molecule has 0 aliphatic heterocycles. The van der Waals surface area contributed by atoms with Crippen LogP contribution in [0.3, 0.4) is 0 Å². The summed E-state index contributed by atoms with van der Waals surface area (Å²) in [5, 5.41) is 2.76. The van der Waals surface area contributed by atoms with Crippen molar-refractivity contribution in [2.75, 3.05) is 0 Å². The van der Waals surface area contributed by atoms with E-state index in [0.717, 1.165) is 5.56 Å². The molecule has 2 rings (SSSR count). The third-order valence-electron chi connectivity index (χ3n) is 3.08. The van der Waals surface area contributed by atoms with Gasteiger partial charge < -0.3 is 20.2 Å². The number of hydrogen-bond donors (Lipinski definition) is 2. The van der Waals surface area contributed by atoms with E-state index in [0.29, 0.717) is 18.1 Å². The predicted octanol–water partition coefficient (Wildman–Crippen LogP) is 2.38. The number of furan rings is 1. The van der Waals surface area contributed by atoms with E-state index >= 15 is 0 Å². The molecular formula is C16H20N2O3. The average molecular weight is 288 g/mol. The molecule has 1 aromatic carbocycles. The molecule has 1 unspecified atom stereocenters. The van der Waals surface area contributed by atoms with Crippen LogP contribution in [-0.4, -0.2) is 12.0 Å². The minimum Gasteiger partial charge on any atom is -0.481 e. The van der Waals surface area contributed by atoms with Gasteiger partial charge in [-0.05, 0) is 43.7 Å². The van der Waals surface area contributed by atoms with E-state index in [4.69, 9.17) is 14.9 Å². The molecule has 2 atom stereocenters. The fourth-order valence-electron chi connectivity index (χ4n) is 1.86. The first kappa shape index (κ1) is 15.1. The van der Waals surface area contributed by atoms with Crippen molar-refractivity contribution < 1.29 is 13.9 Å². The van der Waals surface area contributed by atoms with Gasteiger partial charge in [-0.3, -0.25) is 4.79 Å². The van der Waals surface area contributed by atoms with Crippen LogP contribution in [0.4, 0.5) is 0 Å². The van der Waals surface area contributed by atoms with Gasteiger partial charge in [-0.15, -0.1) is 0 Å². The lowest BCUT2D eigenvalue weighted by atomic mass is 10.1. The number of ether oxygens (including phenoxy) is 1. The monoisotopic (exact) mass is 288 g/mol. The summed E-state index contributed by atoms with van der Waals surface area (Å²) in [5.41, 5.74) is 6.80. The van der Waals surface area contributed by atoms with E-state index in [-0.39, 0.29) is 11.9 Å². The van der Waals surface area contributed by atoms with Crippen molar-refractivity contribution in [2.45, 2.75) is 32.5 Å². The summed E-state index contributed by atoms with van der Waals surface area (Å²) in [4.78, 5) is 12.0.